The molecule has 8 heteroatoms. The van der Waals surface area contributed by atoms with Gasteiger partial charge in [-0.1, -0.05) is 0 Å². The maximum atomic E-state index is 12.8. The Morgan fingerprint density at radius 1 is 1.44 bits per heavy atom. The first-order chi connectivity index (χ1) is 8.26. The Kier molecular flexibility index (Phi) is 4.06. The molecule has 0 bridgehead atoms. The van der Waals surface area contributed by atoms with Gasteiger partial charge in [0, 0.05) is 6.20 Å². The molecule has 0 unspecified atom stereocenters. The van der Waals surface area contributed by atoms with Crippen LogP contribution >= 0.6 is 0 Å². The van der Waals surface area contributed by atoms with Gasteiger partial charge in [0.1, 0.15) is 0 Å². The van der Waals surface area contributed by atoms with E-state index < -0.39 is 30.5 Å². The van der Waals surface area contributed by atoms with E-state index >= 15 is 0 Å². The monoisotopic (exact) mass is 266 g/mol. The standard InChI is InChI=1S/C10H7F5N2O/c1-5-8(18-10(13,14)15)7(9(11)12)6(2-3-16)4-17-5/h4,9H,2H2,1H3. The average molecular weight is 266 g/mol. The summed E-state index contributed by atoms with van der Waals surface area (Å²) >= 11 is 0. The molecule has 1 aromatic rings. The van der Waals surface area contributed by atoms with E-state index in [1.165, 1.54) is 0 Å². The molecule has 0 atom stereocenters. The summed E-state index contributed by atoms with van der Waals surface area (Å²) in [5.74, 6) is -1.04. The summed E-state index contributed by atoms with van der Waals surface area (Å²) in [6.07, 6.45) is -7.81. The molecule has 1 aromatic heterocycles. The first kappa shape index (κ1) is 14.2. The molecule has 0 spiro atoms. The molecule has 0 N–H and O–H groups in total. The van der Waals surface area contributed by atoms with Crippen molar-refractivity contribution in [3.05, 3.63) is 23.0 Å². The van der Waals surface area contributed by atoms with Gasteiger partial charge in [0.15, 0.2) is 5.75 Å². The SMILES string of the molecule is Cc1ncc(CC#N)c(C(F)F)c1OC(F)(F)F. The second-order valence-electron chi connectivity index (χ2n) is 3.30. The summed E-state index contributed by atoms with van der Waals surface area (Å²) in [6.45, 7) is 1.11. The summed E-state index contributed by atoms with van der Waals surface area (Å²) in [5.41, 5.74) is -1.54. The maximum Gasteiger partial charge on any atom is 0.573 e. The summed E-state index contributed by atoms with van der Waals surface area (Å²) in [6, 6.07) is 1.58. The van der Waals surface area contributed by atoms with Crippen molar-refractivity contribution in [2.45, 2.75) is 26.1 Å². The number of pyridine rings is 1. The van der Waals surface area contributed by atoms with E-state index in [2.05, 4.69) is 9.72 Å². The Labute approximate surface area is 98.8 Å². The molecule has 0 amide bonds. The molecule has 0 saturated heterocycles. The van der Waals surface area contributed by atoms with Crippen molar-refractivity contribution in [1.82, 2.24) is 4.98 Å². The van der Waals surface area contributed by atoms with E-state index in [4.69, 9.17) is 5.26 Å². The smallest absolute Gasteiger partial charge is 0.403 e. The second kappa shape index (κ2) is 5.16. The number of aromatic nitrogens is 1. The van der Waals surface area contributed by atoms with Crippen LogP contribution in [0.15, 0.2) is 6.20 Å². The third-order valence-electron chi connectivity index (χ3n) is 2.04. The number of rotatable bonds is 3. The number of nitriles is 1. The van der Waals surface area contributed by atoms with Gasteiger partial charge in [0.2, 0.25) is 0 Å². The first-order valence-corrected chi connectivity index (χ1v) is 4.65. The average Bonchev–Trinajstić information content (AvgIpc) is 2.21. The Morgan fingerprint density at radius 3 is 2.50 bits per heavy atom. The van der Waals surface area contributed by atoms with E-state index in [1.54, 1.807) is 6.07 Å². The number of hydrogen-bond donors (Lipinski definition) is 0. The second-order valence-corrected chi connectivity index (χ2v) is 3.30. The topological polar surface area (TPSA) is 45.9 Å². The summed E-state index contributed by atoms with van der Waals surface area (Å²) < 4.78 is 65.5. The molecule has 0 aliphatic rings. The van der Waals surface area contributed by atoms with Gasteiger partial charge in [-0.05, 0) is 12.5 Å². The fraction of sp³-hybridized carbons (Fsp3) is 0.400. The van der Waals surface area contributed by atoms with Crippen LogP contribution in [0.25, 0.3) is 0 Å². The minimum atomic E-state index is -5.10. The fourth-order valence-corrected chi connectivity index (χ4v) is 1.35. The van der Waals surface area contributed by atoms with E-state index in [9.17, 15) is 22.0 Å². The summed E-state index contributed by atoms with van der Waals surface area (Å²) in [4.78, 5) is 3.52. The lowest BCUT2D eigenvalue weighted by Gasteiger charge is -2.16. The Balaban J connectivity index is 3.37. The normalized spacial score (nSPS) is 11.4. The number of hydrogen-bond acceptors (Lipinski definition) is 3. The lowest BCUT2D eigenvalue weighted by atomic mass is 10.1. The van der Waals surface area contributed by atoms with Crippen molar-refractivity contribution in [3.8, 4) is 11.8 Å². The highest BCUT2D eigenvalue weighted by molar-refractivity contribution is 5.44. The summed E-state index contributed by atoms with van der Waals surface area (Å²) in [5, 5.41) is 8.43. The predicted molar refractivity (Wildman–Crippen MR) is 49.9 cm³/mol. The fourth-order valence-electron chi connectivity index (χ4n) is 1.35. The van der Waals surface area contributed by atoms with Crippen molar-refractivity contribution in [2.75, 3.05) is 0 Å². The summed E-state index contributed by atoms with van der Waals surface area (Å²) in [7, 11) is 0. The van der Waals surface area contributed by atoms with Crippen LogP contribution in [0.5, 0.6) is 5.75 Å². The molecule has 0 aromatic carbocycles. The number of nitrogens with zero attached hydrogens (tertiary/aromatic N) is 2. The third-order valence-corrected chi connectivity index (χ3v) is 2.04. The number of halogens is 5. The van der Waals surface area contributed by atoms with Crippen LogP contribution in [0, 0.1) is 18.3 Å². The molecule has 3 nitrogen and oxygen atoms in total. The molecule has 0 aliphatic heterocycles. The van der Waals surface area contributed by atoms with Gasteiger partial charge in [-0.15, -0.1) is 13.2 Å². The molecule has 98 valence electrons. The van der Waals surface area contributed by atoms with Crippen LogP contribution < -0.4 is 4.74 Å². The lowest BCUT2D eigenvalue weighted by molar-refractivity contribution is -0.275. The van der Waals surface area contributed by atoms with Gasteiger partial charge < -0.3 is 4.74 Å². The van der Waals surface area contributed by atoms with Gasteiger partial charge in [-0.2, -0.15) is 5.26 Å². The van der Waals surface area contributed by atoms with Crippen molar-refractivity contribution in [3.63, 3.8) is 0 Å². The largest absolute Gasteiger partial charge is 0.573 e. The molecule has 0 fully saturated rings. The minimum Gasteiger partial charge on any atom is -0.403 e. The molecule has 0 radical (unpaired) electrons. The number of alkyl halides is 5. The zero-order valence-corrected chi connectivity index (χ0v) is 9.05. The molecular weight excluding hydrogens is 259 g/mol. The third kappa shape index (κ3) is 3.29. The highest BCUT2D eigenvalue weighted by Gasteiger charge is 2.35. The highest BCUT2D eigenvalue weighted by atomic mass is 19.4. The van der Waals surface area contributed by atoms with Crippen molar-refractivity contribution >= 4 is 0 Å². The Bertz CT molecular complexity index is 478. The molecular formula is C10H7F5N2O. The molecule has 18 heavy (non-hydrogen) atoms. The van der Waals surface area contributed by atoms with Crippen LogP contribution in [-0.4, -0.2) is 11.3 Å². The van der Waals surface area contributed by atoms with Crippen LogP contribution in [0.4, 0.5) is 22.0 Å². The van der Waals surface area contributed by atoms with E-state index in [0.717, 1.165) is 13.1 Å². The zero-order chi connectivity index (χ0) is 13.9. The minimum absolute atomic E-state index is 0.280. The number of aryl methyl sites for hydroxylation is 1. The van der Waals surface area contributed by atoms with Crippen LogP contribution in [0.2, 0.25) is 0 Å². The molecule has 0 aliphatic carbocycles. The molecule has 0 saturated carbocycles. The molecule has 1 heterocycles. The van der Waals surface area contributed by atoms with Gasteiger partial charge in [-0.3, -0.25) is 4.98 Å². The molecule has 1 rings (SSSR count). The van der Waals surface area contributed by atoms with Gasteiger partial charge in [-0.25, -0.2) is 8.78 Å². The van der Waals surface area contributed by atoms with Gasteiger partial charge in [0.05, 0.1) is 23.7 Å². The van der Waals surface area contributed by atoms with E-state index in [1.807, 2.05) is 0 Å². The Morgan fingerprint density at radius 2 is 2.06 bits per heavy atom. The lowest BCUT2D eigenvalue weighted by Crippen LogP contribution is -2.20. The maximum absolute atomic E-state index is 12.8. The first-order valence-electron chi connectivity index (χ1n) is 4.65. The zero-order valence-electron chi connectivity index (χ0n) is 9.05. The Hall–Kier alpha value is -1.91. The van der Waals surface area contributed by atoms with Crippen LogP contribution in [-0.2, 0) is 6.42 Å². The van der Waals surface area contributed by atoms with Crippen molar-refractivity contribution < 1.29 is 26.7 Å². The van der Waals surface area contributed by atoms with Crippen LogP contribution in [0.1, 0.15) is 23.2 Å². The van der Waals surface area contributed by atoms with E-state index in [0.29, 0.717) is 0 Å². The highest BCUT2D eigenvalue weighted by Crippen LogP contribution is 2.37. The predicted octanol–water partition coefficient (Wildman–Crippen LogP) is 3.29. The van der Waals surface area contributed by atoms with Gasteiger partial charge >= 0.3 is 6.36 Å². The van der Waals surface area contributed by atoms with Crippen LogP contribution in [0.3, 0.4) is 0 Å². The number of ether oxygens (including phenoxy) is 1. The van der Waals surface area contributed by atoms with E-state index in [-0.39, 0.29) is 11.3 Å². The van der Waals surface area contributed by atoms with Crippen molar-refractivity contribution in [2.24, 2.45) is 0 Å². The quantitative estimate of drug-likeness (QED) is 0.788. The van der Waals surface area contributed by atoms with Gasteiger partial charge in [0.25, 0.3) is 6.43 Å². The van der Waals surface area contributed by atoms with Crippen molar-refractivity contribution in [1.29, 1.82) is 5.26 Å².